The number of nitrogens with zero attached hydrogens (tertiary/aromatic N) is 4. The molecule has 0 amide bonds. The van der Waals surface area contributed by atoms with Gasteiger partial charge in [0, 0.05) is 32.6 Å². The number of hydrogen-bond acceptors (Lipinski definition) is 4. The van der Waals surface area contributed by atoms with Gasteiger partial charge in [0.2, 0.25) is 0 Å². The number of imidazole rings is 1. The lowest BCUT2D eigenvalue weighted by atomic mass is 10.2. The third-order valence-electron chi connectivity index (χ3n) is 4.03. The summed E-state index contributed by atoms with van der Waals surface area (Å²) in [5, 5.41) is 11.7. The van der Waals surface area contributed by atoms with Gasteiger partial charge in [-0.3, -0.25) is 0 Å². The van der Waals surface area contributed by atoms with E-state index in [0.717, 1.165) is 43.9 Å². The molecule has 21 heavy (non-hydrogen) atoms. The summed E-state index contributed by atoms with van der Waals surface area (Å²) in [6.07, 6.45) is 0.778. The second-order valence-electron chi connectivity index (χ2n) is 5.43. The number of fused-ring (bicyclic) bond motifs is 1. The van der Waals surface area contributed by atoms with Crippen LogP contribution in [-0.4, -0.2) is 58.9 Å². The molecule has 1 aromatic heterocycles. The summed E-state index contributed by atoms with van der Waals surface area (Å²) in [6, 6.07) is 5.29. The van der Waals surface area contributed by atoms with Crippen LogP contribution in [0.3, 0.4) is 0 Å². The van der Waals surface area contributed by atoms with Crippen LogP contribution in [0.15, 0.2) is 18.2 Å². The van der Waals surface area contributed by atoms with Crippen molar-refractivity contribution in [2.75, 3.05) is 38.2 Å². The molecule has 0 unspecified atom stereocenters. The molecule has 112 valence electrons. The Bertz CT molecular complexity index is 672. The molecule has 0 saturated carbocycles. The molecule has 1 aliphatic rings. The Morgan fingerprint density at radius 2 is 2.00 bits per heavy atom. The number of hydrogen-bond donors (Lipinski definition) is 1. The van der Waals surface area contributed by atoms with Crippen molar-refractivity contribution >= 4 is 17.0 Å². The van der Waals surface area contributed by atoms with Crippen LogP contribution >= 0.6 is 0 Å². The van der Waals surface area contributed by atoms with Crippen LogP contribution in [0.5, 0.6) is 0 Å². The number of likely N-dealkylation sites (N-methyl/N-ethyl adjacent to an activating group) is 1. The highest BCUT2D eigenvalue weighted by molar-refractivity contribution is 6.01. The summed E-state index contributed by atoms with van der Waals surface area (Å²) in [4.78, 5) is 18.4. The number of aromatic nitrogens is 2. The summed E-state index contributed by atoms with van der Waals surface area (Å²) in [6.45, 7) is 5.75. The molecule has 0 atom stereocenters. The molecule has 0 bridgehead atoms. The lowest BCUT2D eigenvalue weighted by molar-refractivity contribution is 0.0698. The molecular formula is C15H20N4O2. The standard InChI is InChI=1S/C15H20N4O2/c1-3-13-16-12-6-4-5-11(15(20)21)14(12)19(13)18-9-7-17(2)8-10-18/h4-6H,3,7-10H2,1-2H3,(H,20,21). The van der Waals surface area contributed by atoms with Crippen molar-refractivity contribution < 1.29 is 9.90 Å². The summed E-state index contributed by atoms with van der Waals surface area (Å²) >= 11 is 0. The van der Waals surface area contributed by atoms with E-state index in [1.54, 1.807) is 12.1 Å². The first-order valence-corrected chi connectivity index (χ1v) is 7.29. The molecule has 0 aliphatic carbocycles. The van der Waals surface area contributed by atoms with E-state index in [-0.39, 0.29) is 0 Å². The monoisotopic (exact) mass is 288 g/mol. The molecule has 2 heterocycles. The number of aromatic carboxylic acids is 1. The van der Waals surface area contributed by atoms with Crippen LogP contribution in [0.2, 0.25) is 0 Å². The number of aryl methyl sites for hydroxylation is 1. The number of carboxylic acids is 1. The molecule has 6 heteroatoms. The number of para-hydroxylation sites is 1. The van der Waals surface area contributed by atoms with Gasteiger partial charge in [-0.2, -0.15) is 0 Å². The zero-order valence-corrected chi connectivity index (χ0v) is 12.4. The summed E-state index contributed by atoms with van der Waals surface area (Å²) in [5.41, 5.74) is 1.79. The van der Waals surface area contributed by atoms with Gasteiger partial charge in [0.15, 0.2) is 0 Å². The predicted octanol–water partition coefficient (Wildman–Crippen LogP) is 1.18. The quantitative estimate of drug-likeness (QED) is 0.919. The fourth-order valence-corrected chi connectivity index (χ4v) is 2.86. The minimum atomic E-state index is -0.904. The molecule has 3 rings (SSSR count). The number of benzene rings is 1. The van der Waals surface area contributed by atoms with Crippen molar-refractivity contribution in [3.8, 4) is 0 Å². The van der Waals surface area contributed by atoms with Crippen molar-refractivity contribution in [1.29, 1.82) is 0 Å². The predicted molar refractivity (Wildman–Crippen MR) is 81.5 cm³/mol. The molecule has 1 aliphatic heterocycles. The van der Waals surface area contributed by atoms with Crippen LogP contribution in [-0.2, 0) is 6.42 Å². The molecule has 1 saturated heterocycles. The van der Waals surface area contributed by atoms with Gasteiger partial charge in [0.25, 0.3) is 0 Å². The van der Waals surface area contributed by atoms with Crippen molar-refractivity contribution in [3.05, 3.63) is 29.6 Å². The number of rotatable bonds is 3. The van der Waals surface area contributed by atoms with Crippen LogP contribution in [0.25, 0.3) is 11.0 Å². The lowest BCUT2D eigenvalue weighted by Crippen LogP contribution is -2.50. The zero-order chi connectivity index (χ0) is 15.0. The second-order valence-corrected chi connectivity index (χ2v) is 5.43. The minimum Gasteiger partial charge on any atom is -0.478 e. The third-order valence-corrected chi connectivity index (χ3v) is 4.03. The van der Waals surface area contributed by atoms with Gasteiger partial charge in [-0.25, -0.2) is 14.5 Å². The molecule has 1 aromatic carbocycles. The fourth-order valence-electron chi connectivity index (χ4n) is 2.86. The first-order chi connectivity index (χ1) is 10.1. The van der Waals surface area contributed by atoms with E-state index in [1.165, 1.54) is 0 Å². The van der Waals surface area contributed by atoms with Gasteiger partial charge >= 0.3 is 5.97 Å². The zero-order valence-electron chi connectivity index (χ0n) is 12.4. The maximum Gasteiger partial charge on any atom is 0.337 e. The van der Waals surface area contributed by atoms with E-state index in [4.69, 9.17) is 0 Å². The Morgan fingerprint density at radius 1 is 1.29 bits per heavy atom. The molecule has 0 spiro atoms. The van der Waals surface area contributed by atoms with E-state index in [0.29, 0.717) is 11.1 Å². The van der Waals surface area contributed by atoms with Crippen molar-refractivity contribution in [2.45, 2.75) is 13.3 Å². The second kappa shape index (κ2) is 5.37. The summed E-state index contributed by atoms with van der Waals surface area (Å²) in [7, 11) is 2.10. The third kappa shape index (κ3) is 2.35. The summed E-state index contributed by atoms with van der Waals surface area (Å²) in [5.74, 6) is 0.0155. The van der Waals surface area contributed by atoms with Crippen LogP contribution in [0, 0.1) is 0 Å². The highest BCUT2D eigenvalue weighted by Gasteiger charge is 2.22. The Kier molecular flexibility index (Phi) is 3.55. The van der Waals surface area contributed by atoms with Gasteiger partial charge in [-0.15, -0.1) is 0 Å². The van der Waals surface area contributed by atoms with E-state index >= 15 is 0 Å². The van der Waals surface area contributed by atoms with E-state index in [2.05, 4.69) is 21.9 Å². The van der Waals surface area contributed by atoms with Gasteiger partial charge in [0.05, 0.1) is 11.1 Å². The SMILES string of the molecule is CCc1nc2cccc(C(=O)O)c2n1N1CCN(C)CC1. The maximum atomic E-state index is 11.5. The Labute approximate surface area is 123 Å². The fraction of sp³-hybridized carbons (Fsp3) is 0.467. The Hall–Kier alpha value is -2.08. The Morgan fingerprint density at radius 3 is 2.62 bits per heavy atom. The van der Waals surface area contributed by atoms with E-state index in [9.17, 15) is 9.90 Å². The first kappa shape index (κ1) is 13.9. The smallest absolute Gasteiger partial charge is 0.337 e. The highest BCUT2D eigenvalue weighted by Crippen LogP contribution is 2.22. The van der Waals surface area contributed by atoms with Gasteiger partial charge in [-0.05, 0) is 19.2 Å². The largest absolute Gasteiger partial charge is 0.478 e. The van der Waals surface area contributed by atoms with E-state index in [1.807, 2.05) is 17.7 Å². The van der Waals surface area contributed by atoms with Crippen LogP contribution < -0.4 is 5.01 Å². The molecule has 1 fully saturated rings. The number of piperazine rings is 1. The number of carboxylic acid groups (broad SMARTS) is 1. The van der Waals surface area contributed by atoms with Crippen LogP contribution in [0.1, 0.15) is 23.1 Å². The normalized spacial score (nSPS) is 16.6. The van der Waals surface area contributed by atoms with Gasteiger partial charge in [-0.1, -0.05) is 13.0 Å². The minimum absolute atomic E-state index is 0.318. The first-order valence-electron chi connectivity index (χ1n) is 7.29. The topological polar surface area (TPSA) is 61.6 Å². The van der Waals surface area contributed by atoms with E-state index < -0.39 is 5.97 Å². The van der Waals surface area contributed by atoms with Crippen molar-refractivity contribution in [3.63, 3.8) is 0 Å². The number of carbonyl (C=O) groups is 1. The average molecular weight is 288 g/mol. The van der Waals surface area contributed by atoms with Crippen molar-refractivity contribution in [1.82, 2.24) is 14.6 Å². The summed E-state index contributed by atoms with van der Waals surface area (Å²) < 4.78 is 2.02. The van der Waals surface area contributed by atoms with Crippen LogP contribution in [0.4, 0.5) is 0 Å². The van der Waals surface area contributed by atoms with Gasteiger partial charge < -0.3 is 15.0 Å². The Balaban J connectivity index is 2.17. The van der Waals surface area contributed by atoms with Crippen molar-refractivity contribution in [2.24, 2.45) is 0 Å². The molecule has 1 N–H and O–H groups in total. The van der Waals surface area contributed by atoms with Gasteiger partial charge in [0.1, 0.15) is 11.3 Å². The lowest BCUT2D eigenvalue weighted by Gasteiger charge is -2.35. The highest BCUT2D eigenvalue weighted by atomic mass is 16.4. The average Bonchev–Trinajstić information content (AvgIpc) is 2.86. The molecule has 2 aromatic rings. The molecule has 0 radical (unpaired) electrons. The molecule has 6 nitrogen and oxygen atoms in total. The molecular weight excluding hydrogens is 268 g/mol. The maximum absolute atomic E-state index is 11.5.